The number of aromatic nitrogens is 1. The van der Waals surface area contributed by atoms with Gasteiger partial charge in [-0.05, 0) is 57.8 Å². The standard InChI is InChI=1S/C17H23N3O2/c1-11(2)21-13-3-4-14-16(9-13)22-19-17(14)18-15-10-20-7-5-12(15)6-8-20/h3-4,9,11-12,15H,5-8,10H2,1-2H3,(H,18,19)/t15-/m1/s1. The molecule has 5 nitrogen and oxygen atoms in total. The molecule has 4 heterocycles. The lowest BCUT2D eigenvalue weighted by atomic mass is 9.84. The number of anilines is 1. The van der Waals surface area contributed by atoms with Crippen molar-refractivity contribution in [2.75, 3.05) is 25.0 Å². The van der Waals surface area contributed by atoms with E-state index in [1.807, 2.05) is 32.0 Å². The molecule has 3 aliphatic heterocycles. The molecule has 2 bridgehead atoms. The zero-order valence-electron chi connectivity index (χ0n) is 13.2. The summed E-state index contributed by atoms with van der Waals surface area (Å²) in [4.78, 5) is 2.54. The van der Waals surface area contributed by atoms with Crippen LogP contribution >= 0.6 is 0 Å². The Labute approximate surface area is 130 Å². The fourth-order valence-corrected chi connectivity index (χ4v) is 3.67. The lowest BCUT2D eigenvalue weighted by Gasteiger charge is -2.44. The maximum absolute atomic E-state index is 5.71. The van der Waals surface area contributed by atoms with Gasteiger partial charge in [0.05, 0.1) is 11.5 Å². The minimum atomic E-state index is 0.157. The summed E-state index contributed by atoms with van der Waals surface area (Å²) in [6.07, 6.45) is 2.74. The smallest absolute Gasteiger partial charge is 0.177 e. The zero-order chi connectivity index (χ0) is 15.1. The number of rotatable bonds is 4. The van der Waals surface area contributed by atoms with Crippen molar-refractivity contribution in [2.45, 2.75) is 38.8 Å². The number of nitrogens with zero attached hydrogens (tertiary/aromatic N) is 2. The summed E-state index contributed by atoms with van der Waals surface area (Å²) >= 11 is 0. The van der Waals surface area contributed by atoms with Crippen LogP contribution in [0, 0.1) is 5.92 Å². The Morgan fingerprint density at radius 2 is 2.14 bits per heavy atom. The molecular weight excluding hydrogens is 278 g/mol. The van der Waals surface area contributed by atoms with Crippen molar-refractivity contribution in [1.29, 1.82) is 0 Å². The van der Waals surface area contributed by atoms with E-state index in [0.717, 1.165) is 35.0 Å². The van der Waals surface area contributed by atoms with Crippen molar-refractivity contribution in [3.63, 3.8) is 0 Å². The van der Waals surface area contributed by atoms with Gasteiger partial charge in [-0.15, -0.1) is 0 Å². The molecule has 1 N–H and O–H groups in total. The fraction of sp³-hybridized carbons (Fsp3) is 0.588. The Bertz CT molecular complexity index is 659. The molecule has 22 heavy (non-hydrogen) atoms. The minimum absolute atomic E-state index is 0.157. The second-order valence-corrected chi connectivity index (χ2v) is 6.74. The van der Waals surface area contributed by atoms with E-state index in [4.69, 9.17) is 9.26 Å². The van der Waals surface area contributed by atoms with E-state index in [2.05, 4.69) is 15.4 Å². The molecule has 3 saturated heterocycles. The van der Waals surface area contributed by atoms with Gasteiger partial charge in [0.2, 0.25) is 0 Å². The first-order valence-electron chi connectivity index (χ1n) is 8.24. The van der Waals surface area contributed by atoms with Crippen LogP contribution in [0.3, 0.4) is 0 Å². The molecule has 1 aromatic carbocycles. The highest BCUT2D eigenvalue weighted by molar-refractivity contribution is 5.89. The molecule has 5 heteroatoms. The van der Waals surface area contributed by atoms with Crippen LogP contribution in [0.2, 0.25) is 0 Å². The monoisotopic (exact) mass is 301 g/mol. The quantitative estimate of drug-likeness (QED) is 0.940. The molecule has 0 saturated carbocycles. The maximum Gasteiger partial charge on any atom is 0.177 e. The van der Waals surface area contributed by atoms with Crippen LogP contribution < -0.4 is 10.1 Å². The summed E-state index contributed by atoms with van der Waals surface area (Å²) < 4.78 is 11.2. The summed E-state index contributed by atoms with van der Waals surface area (Å²) in [5, 5.41) is 8.88. The average molecular weight is 301 g/mol. The van der Waals surface area contributed by atoms with E-state index in [0.29, 0.717) is 6.04 Å². The van der Waals surface area contributed by atoms with E-state index < -0.39 is 0 Å². The van der Waals surface area contributed by atoms with E-state index in [1.54, 1.807) is 0 Å². The Hall–Kier alpha value is -1.75. The number of benzene rings is 1. The highest BCUT2D eigenvalue weighted by Crippen LogP contribution is 2.32. The summed E-state index contributed by atoms with van der Waals surface area (Å²) in [5.74, 6) is 2.46. The van der Waals surface area contributed by atoms with Gasteiger partial charge in [-0.2, -0.15) is 0 Å². The lowest BCUT2D eigenvalue weighted by Crippen LogP contribution is -2.53. The van der Waals surface area contributed by atoms with Crippen LogP contribution in [0.15, 0.2) is 22.7 Å². The van der Waals surface area contributed by atoms with Gasteiger partial charge in [-0.25, -0.2) is 0 Å². The minimum Gasteiger partial charge on any atom is -0.491 e. The summed E-state index contributed by atoms with van der Waals surface area (Å²) in [6, 6.07) is 6.43. The van der Waals surface area contributed by atoms with Gasteiger partial charge < -0.3 is 19.5 Å². The van der Waals surface area contributed by atoms with E-state index in [9.17, 15) is 0 Å². The van der Waals surface area contributed by atoms with Gasteiger partial charge >= 0.3 is 0 Å². The third-order valence-electron chi connectivity index (χ3n) is 4.79. The van der Waals surface area contributed by atoms with Crippen LogP contribution in [0.4, 0.5) is 5.82 Å². The van der Waals surface area contributed by atoms with Crippen molar-refractivity contribution < 1.29 is 9.26 Å². The van der Waals surface area contributed by atoms with Gasteiger partial charge in [0.25, 0.3) is 0 Å². The Balaban J connectivity index is 1.55. The third-order valence-corrected chi connectivity index (χ3v) is 4.79. The first kappa shape index (κ1) is 13.9. The molecule has 0 amide bonds. The molecule has 1 atom stereocenters. The van der Waals surface area contributed by atoms with Gasteiger partial charge in [0.1, 0.15) is 5.75 Å². The fourth-order valence-electron chi connectivity index (χ4n) is 3.67. The predicted octanol–water partition coefficient (Wildman–Crippen LogP) is 3.12. The highest BCUT2D eigenvalue weighted by Gasteiger charge is 2.34. The SMILES string of the molecule is CC(C)Oc1ccc2c(N[C@@H]3CN4CCC3CC4)noc2c1. The van der Waals surface area contributed by atoms with E-state index in [-0.39, 0.29) is 6.10 Å². The van der Waals surface area contributed by atoms with Gasteiger partial charge in [0.15, 0.2) is 11.4 Å². The van der Waals surface area contributed by atoms with Crippen LogP contribution in [0.5, 0.6) is 5.75 Å². The number of ether oxygens (including phenoxy) is 1. The maximum atomic E-state index is 5.71. The molecule has 0 unspecified atom stereocenters. The van der Waals surface area contributed by atoms with Crippen LogP contribution in [0.1, 0.15) is 26.7 Å². The lowest BCUT2D eigenvalue weighted by molar-refractivity contribution is 0.0973. The van der Waals surface area contributed by atoms with Crippen molar-refractivity contribution in [3.05, 3.63) is 18.2 Å². The number of piperidine rings is 3. The number of hydrogen-bond acceptors (Lipinski definition) is 5. The van der Waals surface area contributed by atoms with Crippen molar-refractivity contribution >= 4 is 16.8 Å². The summed E-state index contributed by atoms with van der Waals surface area (Å²) in [7, 11) is 0. The van der Waals surface area contributed by atoms with E-state index >= 15 is 0 Å². The molecular formula is C17H23N3O2. The highest BCUT2D eigenvalue weighted by atomic mass is 16.5. The van der Waals surface area contributed by atoms with Crippen LogP contribution in [-0.4, -0.2) is 41.8 Å². The molecule has 5 rings (SSSR count). The van der Waals surface area contributed by atoms with Gasteiger partial charge in [0, 0.05) is 18.7 Å². The normalized spacial score (nSPS) is 27.5. The molecule has 3 aliphatic rings. The van der Waals surface area contributed by atoms with Gasteiger partial charge in [-0.1, -0.05) is 5.16 Å². The van der Waals surface area contributed by atoms with Crippen LogP contribution in [-0.2, 0) is 0 Å². The Morgan fingerprint density at radius 3 is 2.82 bits per heavy atom. The predicted molar refractivity (Wildman–Crippen MR) is 86.3 cm³/mol. The summed E-state index contributed by atoms with van der Waals surface area (Å²) in [5.41, 5.74) is 0.780. The van der Waals surface area contributed by atoms with Crippen molar-refractivity contribution in [2.24, 2.45) is 5.92 Å². The summed E-state index contributed by atoms with van der Waals surface area (Å²) in [6.45, 7) is 7.65. The molecule has 2 aromatic rings. The zero-order valence-corrected chi connectivity index (χ0v) is 13.2. The largest absolute Gasteiger partial charge is 0.491 e. The number of nitrogens with one attached hydrogen (secondary N) is 1. The molecule has 0 spiro atoms. The van der Waals surface area contributed by atoms with Crippen LogP contribution in [0.25, 0.3) is 11.0 Å². The first-order valence-corrected chi connectivity index (χ1v) is 8.24. The number of fused-ring (bicyclic) bond motifs is 4. The second kappa shape index (κ2) is 5.47. The average Bonchev–Trinajstić information content (AvgIpc) is 2.90. The Kier molecular flexibility index (Phi) is 3.45. The number of hydrogen-bond donors (Lipinski definition) is 1. The van der Waals surface area contributed by atoms with Crippen molar-refractivity contribution in [1.82, 2.24) is 10.1 Å². The molecule has 118 valence electrons. The van der Waals surface area contributed by atoms with E-state index in [1.165, 1.54) is 25.9 Å². The topological polar surface area (TPSA) is 50.5 Å². The van der Waals surface area contributed by atoms with Crippen molar-refractivity contribution in [3.8, 4) is 5.75 Å². The molecule has 1 aromatic heterocycles. The first-order chi connectivity index (χ1) is 10.7. The molecule has 3 fully saturated rings. The molecule has 0 radical (unpaired) electrons. The van der Waals surface area contributed by atoms with Gasteiger partial charge in [-0.3, -0.25) is 0 Å². The second-order valence-electron chi connectivity index (χ2n) is 6.74. The Morgan fingerprint density at radius 1 is 1.32 bits per heavy atom. The molecule has 0 aliphatic carbocycles. The third kappa shape index (κ3) is 2.54.